The van der Waals surface area contributed by atoms with Crippen molar-refractivity contribution in [1.82, 2.24) is 15.2 Å². The van der Waals surface area contributed by atoms with Gasteiger partial charge in [0.05, 0.1) is 31.4 Å². The van der Waals surface area contributed by atoms with Gasteiger partial charge in [-0.3, -0.25) is 14.2 Å². The number of amides is 2. The third-order valence-electron chi connectivity index (χ3n) is 9.19. The van der Waals surface area contributed by atoms with Gasteiger partial charge in [0.1, 0.15) is 57.3 Å². The number of likely N-dealkylation sites (tertiary alicyclic amines) is 1. The maximum Gasteiger partial charge on any atom is 0.243 e. The topological polar surface area (TPSA) is 168 Å². The summed E-state index contributed by atoms with van der Waals surface area (Å²) in [6, 6.07) is 7.55. The molecule has 1 aromatic heterocycles. The van der Waals surface area contributed by atoms with Crippen LogP contribution in [0.3, 0.4) is 0 Å². The number of ether oxygens (including phenoxy) is 2. The van der Waals surface area contributed by atoms with Gasteiger partial charge in [-0.25, -0.2) is 13.8 Å². The standard InChI is InChI=1S/C34H37ClF2N5O6P/c1-6-18-14-34(18,49(45,46)17-22-23(36)8-7-9-24(22)37)41-31(43)25-13-20(16-42(25)32(44)30(39)33(2,3)4)48-27-12-19(15-38)40-29-21(27)10-11-26(47-5)28(29)35/h6-12,18,20,25,30H,1,13-14,16-17,39H2,2-5H3,(H,41,43)(H,45,46)/t18-,20-,25+,30-,34+/m1/s1. The molecule has 260 valence electrons. The first-order chi connectivity index (χ1) is 23.0. The molecule has 4 N–H and O–H groups in total. The quantitative estimate of drug-likeness (QED) is 0.187. The molecule has 1 aliphatic heterocycles. The Kier molecular flexibility index (Phi) is 9.85. The summed E-state index contributed by atoms with van der Waals surface area (Å²) in [5.41, 5.74) is 5.35. The molecule has 49 heavy (non-hydrogen) atoms. The molecule has 2 aliphatic rings. The van der Waals surface area contributed by atoms with Crippen LogP contribution in [-0.4, -0.2) is 63.7 Å². The SMILES string of the molecule is C=C[C@@H]1C[C@]1(NC(=O)[C@@H]1C[C@@H](Oc2cc(C#N)nc3c(Cl)c(OC)ccc23)CN1C(=O)[C@@H](N)C(C)(C)C)P(=O)(O)Cc1c(F)cccc1F. The summed E-state index contributed by atoms with van der Waals surface area (Å²) in [6.45, 7) is 8.94. The Bertz CT molecular complexity index is 1910. The van der Waals surface area contributed by atoms with Gasteiger partial charge in [-0.2, -0.15) is 5.26 Å². The zero-order chi connectivity index (χ0) is 36.1. The number of hydrogen-bond donors (Lipinski definition) is 3. The fourth-order valence-corrected chi connectivity index (χ4v) is 8.84. The fraction of sp³-hybridized carbons (Fsp3) is 0.412. The summed E-state index contributed by atoms with van der Waals surface area (Å²) in [6.07, 6.45) is -0.326. The van der Waals surface area contributed by atoms with E-state index in [1.807, 2.05) is 6.07 Å². The van der Waals surface area contributed by atoms with Crippen molar-refractivity contribution >= 4 is 41.7 Å². The minimum absolute atomic E-state index is 0.00163. The molecule has 2 aromatic carbocycles. The number of nitrogens with zero attached hydrogens (tertiary/aromatic N) is 3. The monoisotopic (exact) mass is 715 g/mol. The fourth-order valence-electron chi connectivity index (χ4n) is 6.15. The molecule has 2 fully saturated rings. The number of methoxy groups -OCH3 is 1. The zero-order valence-corrected chi connectivity index (χ0v) is 29.0. The van der Waals surface area contributed by atoms with Gasteiger partial charge in [-0.05, 0) is 36.1 Å². The Morgan fingerprint density at radius 1 is 1.31 bits per heavy atom. The maximum absolute atomic E-state index is 14.5. The van der Waals surface area contributed by atoms with E-state index in [1.165, 1.54) is 24.2 Å². The highest BCUT2D eigenvalue weighted by atomic mass is 35.5. The molecule has 0 spiro atoms. The van der Waals surface area contributed by atoms with Crippen molar-refractivity contribution in [3.8, 4) is 17.6 Å². The van der Waals surface area contributed by atoms with E-state index in [9.17, 15) is 33.1 Å². The number of carbonyl (C=O) groups excluding carboxylic acids is 2. The third-order valence-corrected chi connectivity index (χ3v) is 12.2. The second kappa shape index (κ2) is 13.3. The number of pyridine rings is 1. The van der Waals surface area contributed by atoms with Crippen molar-refractivity contribution in [1.29, 1.82) is 5.26 Å². The van der Waals surface area contributed by atoms with Crippen molar-refractivity contribution < 1.29 is 37.3 Å². The maximum atomic E-state index is 14.5. The van der Waals surface area contributed by atoms with E-state index in [1.54, 1.807) is 32.9 Å². The number of nitriles is 1. The van der Waals surface area contributed by atoms with E-state index >= 15 is 0 Å². The first-order valence-electron chi connectivity index (χ1n) is 15.5. The van der Waals surface area contributed by atoms with E-state index < -0.39 is 77.3 Å². The lowest BCUT2D eigenvalue weighted by Gasteiger charge is -2.33. The number of nitrogens with two attached hydrogens (primary N) is 1. The van der Waals surface area contributed by atoms with Crippen molar-refractivity contribution in [3.05, 3.63) is 77.0 Å². The average Bonchev–Trinajstić information content (AvgIpc) is 3.62. The lowest BCUT2D eigenvalue weighted by Crippen LogP contribution is -2.56. The number of benzene rings is 2. The lowest BCUT2D eigenvalue weighted by atomic mass is 9.86. The molecular formula is C34H37ClF2N5O6P. The molecule has 1 saturated carbocycles. The van der Waals surface area contributed by atoms with Crippen LogP contribution >= 0.6 is 19.0 Å². The Hall–Kier alpha value is -4.08. The highest BCUT2D eigenvalue weighted by Crippen LogP contribution is 2.71. The lowest BCUT2D eigenvalue weighted by molar-refractivity contribution is -0.141. The molecule has 3 aromatic rings. The molecule has 2 amide bonds. The smallest absolute Gasteiger partial charge is 0.243 e. The van der Waals surface area contributed by atoms with Gasteiger partial charge in [0.2, 0.25) is 19.2 Å². The highest BCUT2D eigenvalue weighted by molar-refractivity contribution is 7.59. The predicted octanol–water partition coefficient (Wildman–Crippen LogP) is 5.26. The van der Waals surface area contributed by atoms with Crippen LogP contribution in [-0.2, 0) is 20.3 Å². The second-order valence-corrected chi connectivity index (χ2v) is 16.3. The van der Waals surface area contributed by atoms with E-state index in [-0.39, 0.29) is 41.4 Å². The highest BCUT2D eigenvalue weighted by Gasteiger charge is 2.66. The summed E-state index contributed by atoms with van der Waals surface area (Å²) in [5, 5.41) is 11.2. The minimum Gasteiger partial charge on any atom is -0.495 e. The van der Waals surface area contributed by atoms with Gasteiger partial charge >= 0.3 is 0 Å². The van der Waals surface area contributed by atoms with Crippen LogP contribution in [0.4, 0.5) is 8.78 Å². The molecule has 0 bridgehead atoms. The first-order valence-corrected chi connectivity index (χ1v) is 17.7. The summed E-state index contributed by atoms with van der Waals surface area (Å²) in [7, 11) is -3.10. The number of rotatable bonds is 10. The van der Waals surface area contributed by atoms with E-state index in [0.29, 0.717) is 11.1 Å². The average molecular weight is 716 g/mol. The van der Waals surface area contributed by atoms with Crippen LogP contribution in [0, 0.1) is 34.3 Å². The third kappa shape index (κ3) is 6.75. The van der Waals surface area contributed by atoms with Gasteiger partial charge in [0.15, 0.2) is 0 Å². The molecule has 1 unspecified atom stereocenters. The van der Waals surface area contributed by atoms with Crippen LogP contribution < -0.4 is 20.5 Å². The number of aromatic nitrogens is 1. The minimum atomic E-state index is -4.54. The van der Waals surface area contributed by atoms with Crippen molar-refractivity contribution in [2.45, 2.75) is 63.2 Å². The largest absolute Gasteiger partial charge is 0.495 e. The molecule has 6 atom stereocenters. The normalized spacial score (nSPS) is 23.7. The number of nitrogens with one attached hydrogen (secondary N) is 1. The van der Waals surface area contributed by atoms with Crippen molar-refractivity contribution in [3.63, 3.8) is 0 Å². The summed E-state index contributed by atoms with van der Waals surface area (Å²) in [4.78, 5) is 44.8. The molecule has 11 nitrogen and oxygen atoms in total. The number of carbonyl (C=O) groups is 2. The summed E-state index contributed by atoms with van der Waals surface area (Å²) < 4.78 is 54.6. The van der Waals surface area contributed by atoms with Crippen LogP contribution in [0.5, 0.6) is 11.5 Å². The van der Waals surface area contributed by atoms with Gasteiger partial charge in [0, 0.05) is 29.4 Å². The van der Waals surface area contributed by atoms with E-state index in [0.717, 1.165) is 18.2 Å². The van der Waals surface area contributed by atoms with Gasteiger partial charge in [0.25, 0.3) is 0 Å². The number of halogens is 3. The number of fused-ring (bicyclic) bond motifs is 1. The molecule has 1 aliphatic carbocycles. The Labute approximate surface area is 287 Å². The molecule has 0 radical (unpaired) electrons. The number of hydrogen-bond acceptors (Lipinski definition) is 8. The van der Waals surface area contributed by atoms with Crippen LogP contribution in [0.15, 0.2) is 49.1 Å². The van der Waals surface area contributed by atoms with Gasteiger partial charge in [-0.1, -0.05) is 44.5 Å². The summed E-state index contributed by atoms with van der Waals surface area (Å²) in [5.74, 6) is -3.41. The molecule has 1 saturated heterocycles. The molecule has 2 heterocycles. The molecule has 5 rings (SSSR count). The van der Waals surface area contributed by atoms with E-state index in [4.69, 9.17) is 26.8 Å². The predicted molar refractivity (Wildman–Crippen MR) is 179 cm³/mol. The van der Waals surface area contributed by atoms with Gasteiger partial charge in [-0.15, -0.1) is 6.58 Å². The van der Waals surface area contributed by atoms with Gasteiger partial charge < -0.3 is 30.3 Å². The summed E-state index contributed by atoms with van der Waals surface area (Å²) >= 11 is 6.50. The van der Waals surface area contributed by atoms with Crippen LogP contribution in [0.1, 0.15) is 44.9 Å². The van der Waals surface area contributed by atoms with Crippen molar-refractivity contribution in [2.24, 2.45) is 17.1 Å². The molecule has 15 heteroatoms. The zero-order valence-electron chi connectivity index (χ0n) is 27.4. The Balaban J connectivity index is 1.48. The first kappa shape index (κ1) is 36.2. The van der Waals surface area contributed by atoms with Crippen LogP contribution in [0.2, 0.25) is 5.02 Å². The Morgan fingerprint density at radius 2 is 1.98 bits per heavy atom. The molecular weight excluding hydrogens is 679 g/mol. The van der Waals surface area contributed by atoms with E-state index in [2.05, 4.69) is 16.9 Å². The Morgan fingerprint density at radius 3 is 2.55 bits per heavy atom. The second-order valence-electron chi connectivity index (χ2n) is 13.4. The van der Waals surface area contributed by atoms with Crippen molar-refractivity contribution in [2.75, 3.05) is 13.7 Å². The van der Waals surface area contributed by atoms with Crippen LogP contribution in [0.25, 0.3) is 10.9 Å².